The van der Waals surface area contributed by atoms with Crippen molar-refractivity contribution in [1.29, 1.82) is 0 Å². The quantitative estimate of drug-likeness (QED) is 0.693. The van der Waals surface area contributed by atoms with Crippen molar-refractivity contribution >= 4 is 15.9 Å². The van der Waals surface area contributed by atoms with Crippen molar-refractivity contribution in [2.75, 3.05) is 0 Å². The van der Waals surface area contributed by atoms with Crippen LogP contribution in [0.5, 0.6) is 0 Å². The van der Waals surface area contributed by atoms with Crippen molar-refractivity contribution in [2.24, 2.45) is 0 Å². The lowest BCUT2D eigenvalue weighted by atomic mass is 9.92. The molecule has 0 aliphatic heterocycles. The Bertz CT molecular complexity index is 308. The summed E-state index contributed by atoms with van der Waals surface area (Å²) < 4.78 is 13.7. The van der Waals surface area contributed by atoms with Gasteiger partial charge in [-0.05, 0) is 42.5 Å². The van der Waals surface area contributed by atoms with E-state index in [9.17, 15) is 4.39 Å². The number of hydrogen-bond donors (Lipinski definition) is 0. The highest BCUT2D eigenvalue weighted by Crippen LogP contribution is 2.29. The van der Waals surface area contributed by atoms with Gasteiger partial charge in [0.25, 0.3) is 0 Å². The molecule has 1 rings (SSSR count). The first-order valence-corrected chi connectivity index (χ1v) is 5.75. The van der Waals surface area contributed by atoms with Crippen molar-refractivity contribution in [2.45, 2.75) is 38.4 Å². The zero-order chi connectivity index (χ0) is 10.9. The van der Waals surface area contributed by atoms with Gasteiger partial charge in [-0.1, -0.05) is 35.8 Å². The third kappa shape index (κ3) is 2.35. The first-order valence-electron chi connectivity index (χ1n) is 4.84. The number of halogens is 2. The SMILES string of the molecule is Cc1cc(C)c(C(C)C(C)Br)c(F)c1. The van der Waals surface area contributed by atoms with Crippen LogP contribution in [0.2, 0.25) is 0 Å². The van der Waals surface area contributed by atoms with E-state index in [0.29, 0.717) is 4.83 Å². The monoisotopic (exact) mass is 258 g/mol. The van der Waals surface area contributed by atoms with Gasteiger partial charge in [0.15, 0.2) is 0 Å². The molecule has 0 fully saturated rings. The molecule has 1 aromatic rings. The summed E-state index contributed by atoms with van der Waals surface area (Å²) in [5.41, 5.74) is 2.86. The second kappa shape index (κ2) is 4.43. The summed E-state index contributed by atoms with van der Waals surface area (Å²) in [6.45, 7) is 7.98. The molecule has 2 atom stereocenters. The average Bonchev–Trinajstić information content (AvgIpc) is 2.01. The van der Waals surface area contributed by atoms with Gasteiger partial charge >= 0.3 is 0 Å². The van der Waals surface area contributed by atoms with Crippen LogP contribution in [-0.4, -0.2) is 4.83 Å². The van der Waals surface area contributed by atoms with Crippen molar-refractivity contribution < 1.29 is 4.39 Å². The molecule has 0 bridgehead atoms. The molecule has 0 saturated carbocycles. The molecular weight excluding hydrogens is 243 g/mol. The highest BCUT2D eigenvalue weighted by Gasteiger charge is 2.17. The van der Waals surface area contributed by atoms with E-state index in [4.69, 9.17) is 0 Å². The maximum absolute atomic E-state index is 13.7. The Morgan fingerprint density at radius 3 is 2.21 bits per heavy atom. The van der Waals surface area contributed by atoms with Gasteiger partial charge in [-0.15, -0.1) is 0 Å². The Morgan fingerprint density at radius 1 is 1.21 bits per heavy atom. The summed E-state index contributed by atoms with van der Waals surface area (Å²) >= 11 is 3.50. The Balaban J connectivity index is 3.20. The van der Waals surface area contributed by atoms with Crippen LogP contribution in [0.15, 0.2) is 12.1 Å². The van der Waals surface area contributed by atoms with Gasteiger partial charge in [-0.2, -0.15) is 0 Å². The largest absolute Gasteiger partial charge is 0.207 e. The molecule has 1 aromatic carbocycles. The molecule has 0 nitrogen and oxygen atoms in total. The third-order valence-corrected chi connectivity index (χ3v) is 3.42. The van der Waals surface area contributed by atoms with Gasteiger partial charge in [-0.25, -0.2) is 4.39 Å². The molecule has 2 unspecified atom stereocenters. The van der Waals surface area contributed by atoms with Gasteiger partial charge < -0.3 is 0 Å². The fraction of sp³-hybridized carbons (Fsp3) is 0.500. The van der Waals surface area contributed by atoms with Gasteiger partial charge in [0, 0.05) is 4.83 Å². The maximum atomic E-state index is 13.7. The summed E-state index contributed by atoms with van der Waals surface area (Å²) in [4.78, 5) is 0.290. The van der Waals surface area contributed by atoms with E-state index >= 15 is 0 Å². The Hall–Kier alpha value is -0.370. The highest BCUT2D eigenvalue weighted by molar-refractivity contribution is 9.09. The molecule has 2 heteroatoms. The molecular formula is C12H16BrF. The zero-order valence-corrected chi connectivity index (χ0v) is 10.7. The van der Waals surface area contributed by atoms with Crippen LogP contribution in [0.1, 0.15) is 36.5 Å². The standard InChI is InChI=1S/C12H16BrF/c1-7-5-8(2)12(11(14)6-7)9(3)10(4)13/h5-6,9-10H,1-4H3. The highest BCUT2D eigenvalue weighted by atomic mass is 79.9. The smallest absolute Gasteiger partial charge is 0.127 e. The fourth-order valence-corrected chi connectivity index (χ4v) is 2.00. The molecule has 0 amide bonds. The van der Waals surface area contributed by atoms with E-state index in [1.54, 1.807) is 6.07 Å². The summed E-state index contributed by atoms with van der Waals surface area (Å²) in [7, 11) is 0. The average molecular weight is 259 g/mol. The first kappa shape index (κ1) is 11.7. The molecule has 0 heterocycles. The maximum Gasteiger partial charge on any atom is 0.127 e. The first-order chi connectivity index (χ1) is 6.43. The number of aryl methyl sites for hydroxylation is 2. The van der Waals surface area contributed by atoms with Crippen molar-refractivity contribution in [3.05, 3.63) is 34.6 Å². The van der Waals surface area contributed by atoms with E-state index in [1.165, 1.54) is 0 Å². The Kier molecular flexibility index (Phi) is 3.71. The van der Waals surface area contributed by atoms with Crippen LogP contribution < -0.4 is 0 Å². The van der Waals surface area contributed by atoms with Crippen molar-refractivity contribution in [1.82, 2.24) is 0 Å². The molecule has 0 radical (unpaired) electrons. The molecule has 0 spiro atoms. The fourth-order valence-electron chi connectivity index (χ4n) is 1.73. The van der Waals surface area contributed by atoms with E-state index < -0.39 is 0 Å². The van der Waals surface area contributed by atoms with E-state index in [2.05, 4.69) is 15.9 Å². The third-order valence-electron chi connectivity index (χ3n) is 2.63. The summed E-state index contributed by atoms with van der Waals surface area (Å²) in [6.07, 6.45) is 0. The summed E-state index contributed by atoms with van der Waals surface area (Å²) in [5, 5.41) is 0. The molecule has 0 aliphatic rings. The second-order valence-electron chi connectivity index (χ2n) is 3.94. The number of rotatable bonds is 2. The normalized spacial score (nSPS) is 15.3. The molecule has 14 heavy (non-hydrogen) atoms. The second-order valence-corrected chi connectivity index (χ2v) is 5.39. The predicted octanol–water partition coefficient (Wildman–Crippen LogP) is 4.33. The molecule has 78 valence electrons. The van der Waals surface area contributed by atoms with E-state index in [0.717, 1.165) is 16.7 Å². The zero-order valence-electron chi connectivity index (χ0n) is 9.07. The lowest BCUT2D eigenvalue weighted by Gasteiger charge is -2.18. The van der Waals surface area contributed by atoms with E-state index in [-0.39, 0.29) is 11.7 Å². The molecule has 0 N–H and O–H groups in total. The van der Waals surface area contributed by atoms with Gasteiger partial charge in [-0.3, -0.25) is 0 Å². The lowest BCUT2D eigenvalue weighted by Crippen LogP contribution is -2.09. The minimum absolute atomic E-state index is 0.0821. The molecule has 0 saturated heterocycles. The van der Waals surface area contributed by atoms with Gasteiger partial charge in [0.2, 0.25) is 0 Å². The number of benzene rings is 1. The predicted molar refractivity (Wildman–Crippen MR) is 62.7 cm³/mol. The molecule has 0 aliphatic carbocycles. The van der Waals surface area contributed by atoms with Crippen LogP contribution in [-0.2, 0) is 0 Å². The van der Waals surface area contributed by atoms with Crippen LogP contribution in [0, 0.1) is 19.7 Å². The summed E-state index contributed by atoms with van der Waals surface area (Å²) in [6, 6.07) is 3.64. The summed E-state index contributed by atoms with van der Waals surface area (Å²) in [5.74, 6) is 0.122. The van der Waals surface area contributed by atoms with Crippen molar-refractivity contribution in [3.63, 3.8) is 0 Å². The lowest BCUT2D eigenvalue weighted by molar-refractivity contribution is 0.584. The van der Waals surface area contributed by atoms with Crippen LogP contribution in [0.3, 0.4) is 0 Å². The van der Waals surface area contributed by atoms with Gasteiger partial charge in [0.1, 0.15) is 5.82 Å². The number of hydrogen-bond acceptors (Lipinski definition) is 0. The van der Waals surface area contributed by atoms with Crippen LogP contribution in [0.4, 0.5) is 4.39 Å². The Morgan fingerprint density at radius 2 is 1.79 bits per heavy atom. The Labute approximate surface area is 93.7 Å². The number of alkyl halides is 1. The van der Waals surface area contributed by atoms with Crippen molar-refractivity contribution in [3.8, 4) is 0 Å². The topological polar surface area (TPSA) is 0 Å². The molecule has 0 aromatic heterocycles. The van der Waals surface area contributed by atoms with Crippen LogP contribution >= 0.6 is 15.9 Å². The van der Waals surface area contributed by atoms with E-state index in [1.807, 2.05) is 33.8 Å². The van der Waals surface area contributed by atoms with Crippen LogP contribution in [0.25, 0.3) is 0 Å². The minimum Gasteiger partial charge on any atom is -0.207 e. The van der Waals surface area contributed by atoms with Gasteiger partial charge in [0.05, 0.1) is 0 Å². The minimum atomic E-state index is -0.0821.